The van der Waals surface area contributed by atoms with Gasteiger partial charge in [0, 0.05) is 12.6 Å². The van der Waals surface area contributed by atoms with Gasteiger partial charge in [0.2, 0.25) is 0 Å². The van der Waals surface area contributed by atoms with Gasteiger partial charge in [0.25, 0.3) is 0 Å². The number of hydrogen-bond donors (Lipinski definition) is 3. The summed E-state index contributed by atoms with van der Waals surface area (Å²) in [7, 11) is 0. The van der Waals surface area contributed by atoms with Crippen molar-refractivity contribution in [3.63, 3.8) is 0 Å². The van der Waals surface area contributed by atoms with Crippen LogP contribution in [0.1, 0.15) is 30.4 Å². The van der Waals surface area contributed by atoms with Crippen LogP contribution in [0.4, 0.5) is 23.7 Å². The number of rotatable bonds is 3. The largest absolute Gasteiger partial charge is 0.418 e. The fraction of sp³-hybridized carbons (Fsp3) is 0.462. The van der Waals surface area contributed by atoms with E-state index in [9.17, 15) is 18.0 Å². The third-order valence-electron chi connectivity index (χ3n) is 3.31. The number of benzene rings is 1. The average molecular weight is 287 g/mol. The van der Waals surface area contributed by atoms with Crippen LogP contribution in [0.25, 0.3) is 0 Å². The summed E-state index contributed by atoms with van der Waals surface area (Å²) >= 11 is 0. The number of urea groups is 1. The number of carbonyl (C=O) groups is 1. The summed E-state index contributed by atoms with van der Waals surface area (Å²) in [5, 5.41) is 4.89. The van der Waals surface area contributed by atoms with Crippen LogP contribution in [0.3, 0.4) is 0 Å². The Kier molecular flexibility index (Phi) is 4.17. The highest BCUT2D eigenvalue weighted by atomic mass is 19.4. The van der Waals surface area contributed by atoms with E-state index in [0.29, 0.717) is 5.56 Å². The summed E-state index contributed by atoms with van der Waals surface area (Å²) in [6.07, 6.45) is -1.77. The maximum atomic E-state index is 12.9. The Morgan fingerprint density at radius 2 is 2.05 bits per heavy atom. The minimum Gasteiger partial charge on any atom is -0.335 e. The fourth-order valence-corrected chi connectivity index (χ4v) is 1.96. The molecular weight excluding hydrogens is 271 g/mol. The summed E-state index contributed by atoms with van der Waals surface area (Å²) in [6.45, 7) is 0.0115. The summed E-state index contributed by atoms with van der Waals surface area (Å²) in [5.74, 6) is 0. The Bertz CT molecular complexity index is 498. The zero-order valence-electron chi connectivity index (χ0n) is 10.8. The Balaban J connectivity index is 2.15. The lowest BCUT2D eigenvalue weighted by Gasteiger charge is -2.26. The quantitative estimate of drug-likeness (QED) is 0.800. The third kappa shape index (κ3) is 3.41. The van der Waals surface area contributed by atoms with Crippen LogP contribution >= 0.6 is 0 Å². The van der Waals surface area contributed by atoms with E-state index < -0.39 is 17.8 Å². The lowest BCUT2D eigenvalue weighted by molar-refractivity contribution is -0.137. The molecule has 2 rings (SSSR count). The van der Waals surface area contributed by atoms with E-state index >= 15 is 0 Å². The van der Waals surface area contributed by atoms with Crippen molar-refractivity contribution in [2.24, 2.45) is 5.73 Å². The van der Waals surface area contributed by atoms with E-state index in [1.807, 2.05) is 0 Å². The second-order valence-corrected chi connectivity index (χ2v) is 4.81. The van der Waals surface area contributed by atoms with Crippen LogP contribution in [0.15, 0.2) is 18.2 Å². The lowest BCUT2D eigenvalue weighted by atomic mass is 9.93. The normalized spacial score (nSPS) is 15.6. The minimum atomic E-state index is -4.54. The lowest BCUT2D eigenvalue weighted by Crippen LogP contribution is -2.42. The first kappa shape index (κ1) is 14.6. The second-order valence-electron chi connectivity index (χ2n) is 4.81. The van der Waals surface area contributed by atoms with Gasteiger partial charge in [0.05, 0.1) is 11.3 Å². The molecule has 0 heterocycles. The molecule has 0 saturated heterocycles. The first-order valence-electron chi connectivity index (χ1n) is 6.38. The molecule has 1 saturated carbocycles. The molecule has 0 unspecified atom stereocenters. The standard InChI is InChI=1S/C13H16F3N3O/c14-13(15,16)10-6-8(7-17)4-5-11(10)19-12(20)18-9-2-1-3-9/h4-6,9H,1-3,7,17H2,(H2,18,19,20). The van der Waals surface area contributed by atoms with Crippen molar-refractivity contribution in [1.82, 2.24) is 5.32 Å². The SMILES string of the molecule is NCc1ccc(NC(=O)NC2CCC2)c(C(F)(F)F)c1. The Hall–Kier alpha value is -1.76. The van der Waals surface area contributed by atoms with Gasteiger partial charge in [-0.3, -0.25) is 0 Å². The van der Waals surface area contributed by atoms with E-state index in [4.69, 9.17) is 5.73 Å². The Labute approximate surface area is 114 Å². The zero-order chi connectivity index (χ0) is 14.8. The molecule has 7 heteroatoms. The van der Waals surface area contributed by atoms with E-state index in [-0.39, 0.29) is 18.3 Å². The van der Waals surface area contributed by atoms with Crippen molar-refractivity contribution in [3.05, 3.63) is 29.3 Å². The van der Waals surface area contributed by atoms with Crippen LogP contribution < -0.4 is 16.4 Å². The number of amides is 2. The van der Waals surface area contributed by atoms with Crippen molar-refractivity contribution in [1.29, 1.82) is 0 Å². The van der Waals surface area contributed by atoms with Gasteiger partial charge >= 0.3 is 12.2 Å². The highest BCUT2D eigenvalue weighted by Gasteiger charge is 2.34. The molecular formula is C13H16F3N3O. The number of nitrogens with two attached hydrogens (primary N) is 1. The minimum absolute atomic E-state index is 0.0115. The van der Waals surface area contributed by atoms with Gasteiger partial charge in [-0.15, -0.1) is 0 Å². The Morgan fingerprint density at radius 1 is 1.35 bits per heavy atom. The number of alkyl halides is 3. The molecule has 0 spiro atoms. The molecule has 0 aromatic heterocycles. The van der Waals surface area contributed by atoms with Crippen LogP contribution in [0, 0.1) is 0 Å². The topological polar surface area (TPSA) is 67.1 Å². The molecule has 2 amide bonds. The predicted octanol–water partition coefficient (Wildman–Crippen LogP) is 2.84. The predicted molar refractivity (Wildman–Crippen MR) is 69.1 cm³/mol. The first-order valence-corrected chi connectivity index (χ1v) is 6.38. The highest BCUT2D eigenvalue weighted by Crippen LogP contribution is 2.35. The van der Waals surface area contributed by atoms with E-state index in [1.165, 1.54) is 12.1 Å². The van der Waals surface area contributed by atoms with Gasteiger partial charge in [-0.2, -0.15) is 13.2 Å². The van der Waals surface area contributed by atoms with Crippen molar-refractivity contribution in [2.45, 2.75) is 38.0 Å². The molecule has 1 aliphatic carbocycles. The molecule has 4 nitrogen and oxygen atoms in total. The van der Waals surface area contributed by atoms with Crippen molar-refractivity contribution in [2.75, 3.05) is 5.32 Å². The monoisotopic (exact) mass is 287 g/mol. The number of carbonyl (C=O) groups excluding carboxylic acids is 1. The molecule has 0 bridgehead atoms. The molecule has 1 aromatic carbocycles. The first-order chi connectivity index (χ1) is 9.40. The van der Waals surface area contributed by atoms with E-state index in [1.54, 1.807) is 0 Å². The third-order valence-corrected chi connectivity index (χ3v) is 3.31. The van der Waals surface area contributed by atoms with Gasteiger partial charge < -0.3 is 16.4 Å². The van der Waals surface area contributed by atoms with Crippen LogP contribution in [0.2, 0.25) is 0 Å². The van der Waals surface area contributed by atoms with E-state index in [2.05, 4.69) is 10.6 Å². The Morgan fingerprint density at radius 3 is 2.55 bits per heavy atom. The number of nitrogens with one attached hydrogen (secondary N) is 2. The fourth-order valence-electron chi connectivity index (χ4n) is 1.96. The maximum absolute atomic E-state index is 12.9. The molecule has 0 aliphatic heterocycles. The van der Waals surface area contributed by atoms with Gasteiger partial charge in [-0.1, -0.05) is 6.07 Å². The highest BCUT2D eigenvalue weighted by molar-refractivity contribution is 5.90. The molecule has 1 aromatic rings. The summed E-state index contributed by atoms with van der Waals surface area (Å²) in [4.78, 5) is 11.6. The summed E-state index contributed by atoms with van der Waals surface area (Å²) < 4.78 is 38.8. The van der Waals surface area contributed by atoms with Gasteiger partial charge in [-0.25, -0.2) is 4.79 Å². The van der Waals surface area contributed by atoms with E-state index in [0.717, 1.165) is 25.3 Å². The zero-order valence-corrected chi connectivity index (χ0v) is 10.8. The molecule has 20 heavy (non-hydrogen) atoms. The van der Waals surface area contributed by atoms with Crippen molar-refractivity contribution < 1.29 is 18.0 Å². The molecule has 110 valence electrons. The maximum Gasteiger partial charge on any atom is 0.418 e. The summed E-state index contributed by atoms with van der Waals surface area (Å²) in [6, 6.07) is 3.10. The molecule has 0 atom stereocenters. The van der Waals surface area contributed by atoms with Crippen LogP contribution in [-0.4, -0.2) is 12.1 Å². The average Bonchev–Trinajstić information content (AvgIpc) is 2.33. The molecule has 0 radical (unpaired) electrons. The molecule has 1 aliphatic rings. The molecule has 1 fully saturated rings. The van der Waals surface area contributed by atoms with Crippen molar-refractivity contribution in [3.8, 4) is 0 Å². The smallest absolute Gasteiger partial charge is 0.335 e. The van der Waals surface area contributed by atoms with Gasteiger partial charge in [0.15, 0.2) is 0 Å². The number of anilines is 1. The summed E-state index contributed by atoms with van der Waals surface area (Å²) in [5.41, 5.74) is 4.56. The van der Waals surface area contributed by atoms with Crippen LogP contribution in [0.5, 0.6) is 0 Å². The molecule has 4 N–H and O–H groups in total. The number of hydrogen-bond acceptors (Lipinski definition) is 2. The number of halogens is 3. The second kappa shape index (κ2) is 5.70. The van der Waals surface area contributed by atoms with Crippen LogP contribution in [-0.2, 0) is 12.7 Å². The van der Waals surface area contributed by atoms with Gasteiger partial charge in [-0.05, 0) is 37.0 Å². The van der Waals surface area contributed by atoms with Gasteiger partial charge in [0.1, 0.15) is 0 Å². The van der Waals surface area contributed by atoms with Crippen molar-refractivity contribution >= 4 is 11.7 Å².